The molecule has 2 heterocycles. The van der Waals surface area contributed by atoms with E-state index in [0.29, 0.717) is 17.2 Å². The van der Waals surface area contributed by atoms with Crippen LogP contribution < -0.4 is 5.32 Å². The Kier molecular flexibility index (Phi) is 4.06. The van der Waals surface area contributed by atoms with Gasteiger partial charge in [-0.25, -0.2) is 9.78 Å². The molecule has 0 radical (unpaired) electrons. The highest BCUT2D eigenvalue weighted by Gasteiger charge is 2.20. The molecule has 0 saturated heterocycles. The average Bonchev–Trinajstić information content (AvgIpc) is 3.15. The second kappa shape index (κ2) is 6.51. The van der Waals surface area contributed by atoms with Crippen molar-refractivity contribution in [3.05, 3.63) is 54.5 Å². The number of hydrogen-bond acceptors (Lipinski definition) is 4. The van der Waals surface area contributed by atoms with Gasteiger partial charge in [-0.3, -0.25) is 4.98 Å². The third-order valence-electron chi connectivity index (χ3n) is 4.83. The monoisotopic (exact) mass is 333 g/mol. The van der Waals surface area contributed by atoms with Crippen LogP contribution in [0.2, 0.25) is 0 Å². The number of pyridine rings is 2. The van der Waals surface area contributed by atoms with Gasteiger partial charge in [-0.15, -0.1) is 0 Å². The van der Waals surface area contributed by atoms with Gasteiger partial charge >= 0.3 is 5.97 Å². The van der Waals surface area contributed by atoms with Crippen molar-refractivity contribution in [3.63, 3.8) is 0 Å². The van der Waals surface area contributed by atoms with E-state index in [4.69, 9.17) is 0 Å². The topological polar surface area (TPSA) is 75.1 Å². The van der Waals surface area contributed by atoms with E-state index in [1.165, 1.54) is 12.8 Å². The third kappa shape index (κ3) is 2.93. The lowest BCUT2D eigenvalue weighted by molar-refractivity contribution is 0.0699. The van der Waals surface area contributed by atoms with Gasteiger partial charge in [0, 0.05) is 35.6 Å². The molecule has 4 rings (SSSR count). The molecular weight excluding hydrogens is 314 g/mol. The highest BCUT2D eigenvalue weighted by atomic mass is 16.4. The molecule has 0 atom stereocenters. The van der Waals surface area contributed by atoms with E-state index in [1.807, 2.05) is 24.4 Å². The first-order chi connectivity index (χ1) is 12.2. The lowest BCUT2D eigenvalue weighted by atomic mass is 9.98. The number of carbonyl (C=O) groups is 1. The fraction of sp³-hybridized carbons (Fsp3) is 0.250. The van der Waals surface area contributed by atoms with E-state index < -0.39 is 5.97 Å². The van der Waals surface area contributed by atoms with E-state index in [2.05, 4.69) is 15.3 Å². The van der Waals surface area contributed by atoms with E-state index in [1.54, 1.807) is 24.5 Å². The average molecular weight is 333 g/mol. The number of nitrogens with zero attached hydrogens (tertiary/aromatic N) is 2. The highest BCUT2D eigenvalue weighted by Crippen LogP contribution is 2.35. The molecule has 2 aromatic heterocycles. The van der Waals surface area contributed by atoms with Crippen molar-refractivity contribution in [1.29, 1.82) is 0 Å². The van der Waals surface area contributed by atoms with Crippen molar-refractivity contribution in [2.24, 2.45) is 0 Å². The predicted octanol–water partition coefficient (Wildman–Crippen LogP) is 4.35. The van der Waals surface area contributed by atoms with Gasteiger partial charge in [-0.1, -0.05) is 25.0 Å². The Morgan fingerprint density at radius 3 is 2.60 bits per heavy atom. The SMILES string of the molecule is O=C(O)c1cccc2c(-c3ccncc3)cnc(NC3CCCC3)c12. The minimum Gasteiger partial charge on any atom is -0.478 e. The number of rotatable bonds is 4. The summed E-state index contributed by atoms with van der Waals surface area (Å²) in [5, 5.41) is 14.7. The number of nitrogens with one attached hydrogen (secondary N) is 1. The summed E-state index contributed by atoms with van der Waals surface area (Å²) in [6.45, 7) is 0. The van der Waals surface area contributed by atoms with Crippen molar-refractivity contribution < 1.29 is 9.90 Å². The fourth-order valence-electron chi connectivity index (χ4n) is 3.61. The van der Waals surface area contributed by atoms with Crippen LogP contribution in [-0.2, 0) is 0 Å². The van der Waals surface area contributed by atoms with Crippen molar-refractivity contribution in [1.82, 2.24) is 9.97 Å². The lowest BCUT2D eigenvalue weighted by Gasteiger charge is -2.17. The molecule has 0 amide bonds. The van der Waals surface area contributed by atoms with Crippen molar-refractivity contribution in [3.8, 4) is 11.1 Å². The number of benzene rings is 1. The molecule has 1 saturated carbocycles. The summed E-state index contributed by atoms with van der Waals surface area (Å²) in [6.07, 6.45) is 9.89. The normalized spacial score (nSPS) is 14.7. The van der Waals surface area contributed by atoms with Crippen LogP contribution in [-0.4, -0.2) is 27.1 Å². The summed E-state index contributed by atoms with van der Waals surface area (Å²) in [5.41, 5.74) is 2.17. The molecule has 1 fully saturated rings. The largest absolute Gasteiger partial charge is 0.478 e. The Morgan fingerprint density at radius 2 is 1.88 bits per heavy atom. The number of hydrogen-bond donors (Lipinski definition) is 2. The maximum atomic E-state index is 11.8. The Morgan fingerprint density at radius 1 is 1.12 bits per heavy atom. The molecular formula is C20H19N3O2. The number of fused-ring (bicyclic) bond motifs is 1. The molecule has 25 heavy (non-hydrogen) atoms. The van der Waals surface area contributed by atoms with Crippen LogP contribution in [0.1, 0.15) is 36.0 Å². The van der Waals surface area contributed by atoms with Crippen LogP contribution in [0.4, 0.5) is 5.82 Å². The molecule has 0 spiro atoms. The maximum absolute atomic E-state index is 11.8. The Labute approximate surface area is 145 Å². The van der Waals surface area contributed by atoms with Crippen LogP contribution in [0.15, 0.2) is 48.9 Å². The lowest BCUT2D eigenvalue weighted by Crippen LogP contribution is -2.16. The van der Waals surface area contributed by atoms with Crippen molar-refractivity contribution >= 4 is 22.6 Å². The van der Waals surface area contributed by atoms with Crippen LogP contribution in [0.25, 0.3) is 21.9 Å². The van der Waals surface area contributed by atoms with Crippen LogP contribution in [0.5, 0.6) is 0 Å². The van der Waals surface area contributed by atoms with E-state index >= 15 is 0 Å². The molecule has 1 aromatic carbocycles. The van der Waals surface area contributed by atoms with Gasteiger partial charge in [0.05, 0.1) is 5.56 Å². The van der Waals surface area contributed by atoms with E-state index in [-0.39, 0.29) is 5.56 Å². The van der Waals surface area contributed by atoms with Crippen LogP contribution >= 0.6 is 0 Å². The quantitative estimate of drug-likeness (QED) is 0.742. The molecule has 2 N–H and O–H groups in total. The number of carboxylic acids is 1. The number of anilines is 1. The first kappa shape index (κ1) is 15.6. The standard InChI is InChI=1S/C20H19N3O2/c24-20(25)16-7-3-6-15-17(13-8-10-21-11-9-13)12-22-19(18(15)16)23-14-4-1-2-5-14/h3,6-12,14H,1-2,4-5H2,(H,22,23)(H,24,25). The van der Waals surface area contributed by atoms with E-state index in [0.717, 1.165) is 29.4 Å². The Balaban J connectivity index is 1.92. The summed E-state index contributed by atoms with van der Waals surface area (Å²) in [4.78, 5) is 20.4. The molecule has 5 heteroatoms. The molecule has 126 valence electrons. The molecule has 1 aliphatic rings. The Bertz CT molecular complexity index is 919. The van der Waals surface area contributed by atoms with Gasteiger partial charge in [-0.2, -0.15) is 0 Å². The minimum atomic E-state index is -0.936. The van der Waals surface area contributed by atoms with Gasteiger partial charge in [-0.05, 0) is 42.0 Å². The van der Waals surface area contributed by atoms with Crippen molar-refractivity contribution in [2.45, 2.75) is 31.7 Å². The molecule has 0 unspecified atom stereocenters. The minimum absolute atomic E-state index is 0.279. The number of carboxylic acid groups (broad SMARTS) is 1. The van der Waals surface area contributed by atoms with Gasteiger partial charge in [0.25, 0.3) is 0 Å². The smallest absolute Gasteiger partial charge is 0.336 e. The maximum Gasteiger partial charge on any atom is 0.336 e. The summed E-state index contributed by atoms with van der Waals surface area (Å²) in [6, 6.07) is 9.57. The Hall–Kier alpha value is -2.95. The summed E-state index contributed by atoms with van der Waals surface area (Å²) in [5.74, 6) is -0.272. The zero-order chi connectivity index (χ0) is 17.2. The van der Waals surface area contributed by atoms with Gasteiger partial charge in [0.2, 0.25) is 0 Å². The predicted molar refractivity (Wildman–Crippen MR) is 97.8 cm³/mol. The zero-order valence-electron chi connectivity index (χ0n) is 13.8. The van der Waals surface area contributed by atoms with E-state index in [9.17, 15) is 9.90 Å². The first-order valence-electron chi connectivity index (χ1n) is 8.56. The summed E-state index contributed by atoms with van der Waals surface area (Å²) < 4.78 is 0. The molecule has 1 aliphatic carbocycles. The molecule has 0 bridgehead atoms. The summed E-state index contributed by atoms with van der Waals surface area (Å²) in [7, 11) is 0. The first-order valence-corrected chi connectivity index (χ1v) is 8.56. The molecule has 5 nitrogen and oxygen atoms in total. The van der Waals surface area contributed by atoms with Gasteiger partial charge < -0.3 is 10.4 Å². The van der Waals surface area contributed by atoms with Gasteiger partial charge in [0.1, 0.15) is 5.82 Å². The van der Waals surface area contributed by atoms with Crippen LogP contribution in [0.3, 0.4) is 0 Å². The highest BCUT2D eigenvalue weighted by molar-refractivity contribution is 6.12. The fourth-order valence-corrected chi connectivity index (χ4v) is 3.61. The van der Waals surface area contributed by atoms with Gasteiger partial charge in [0.15, 0.2) is 0 Å². The molecule has 0 aliphatic heterocycles. The second-order valence-corrected chi connectivity index (χ2v) is 6.42. The number of aromatic nitrogens is 2. The zero-order valence-corrected chi connectivity index (χ0v) is 13.8. The second-order valence-electron chi connectivity index (χ2n) is 6.42. The van der Waals surface area contributed by atoms with Crippen molar-refractivity contribution in [2.75, 3.05) is 5.32 Å². The molecule has 3 aromatic rings. The number of aromatic carboxylic acids is 1. The summed E-state index contributed by atoms with van der Waals surface area (Å²) >= 11 is 0. The third-order valence-corrected chi connectivity index (χ3v) is 4.83. The van der Waals surface area contributed by atoms with Crippen LogP contribution in [0, 0.1) is 0 Å².